The van der Waals surface area contributed by atoms with Crippen molar-refractivity contribution in [2.24, 2.45) is 7.05 Å². The SMILES string of the molecule is Cc1nn(C)c(C)c1NC(C)C(=O)Nc1cc(C(F)(F)F)ccc1N1CCOCC1. The molecule has 1 aliphatic heterocycles. The number of hydrogen-bond acceptors (Lipinski definition) is 5. The minimum atomic E-state index is -4.50. The van der Waals surface area contributed by atoms with E-state index in [0.717, 1.165) is 29.2 Å². The summed E-state index contributed by atoms with van der Waals surface area (Å²) in [6.45, 7) is 7.38. The molecule has 1 aromatic carbocycles. The minimum Gasteiger partial charge on any atom is -0.378 e. The van der Waals surface area contributed by atoms with Crippen LogP contribution in [0.25, 0.3) is 0 Å². The molecule has 0 aliphatic carbocycles. The van der Waals surface area contributed by atoms with E-state index in [4.69, 9.17) is 4.74 Å². The van der Waals surface area contributed by atoms with Gasteiger partial charge in [0.05, 0.1) is 47.2 Å². The monoisotopic (exact) mass is 425 g/mol. The first kappa shape index (κ1) is 21.9. The molecule has 0 saturated carbocycles. The summed E-state index contributed by atoms with van der Waals surface area (Å²) >= 11 is 0. The van der Waals surface area contributed by atoms with Gasteiger partial charge in [-0.05, 0) is 39.0 Å². The number of rotatable bonds is 5. The molecule has 1 fully saturated rings. The molecule has 0 spiro atoms. The van der Waals surface area contributed by atoms with Crippen molar-refractivity contribution >= 4 is 23.0 Å². The van der Waals surface area contributed by atoms with Gasteiger partial charge in [0.25, 0.3) is 0 Å². The van der Waals surface area contributed by atoms with Gasteiger partial charge in [-0.3, -0.25) is 9.48 Å². The van der Waals surface area contributed by atoms with Crippen LogP contribution in [0.2, 0.25) is 0 Å². The summed E-state index contributed by atoms with van der Waals surface area (Å²) < 4.78 is 46.8. The summed E-state index contributed by atoms with van der Waals surface area (Å²) in [5.41, 5.74) is 2.19. The van der Waals surface area contributed by atoms with E-state index in [-0.39, 0.29) is 5.69 Å². The molecule has 1 saturated heterocycles. The molecule has 2 aromatic rings. The van der Waals surface area contributed by atoms with Gasteiger partial charge in [0, 0.05) is 20.1 Å². The van der Waals surface area contributed by atoms with Crippen molar-refractivity contribution in [1.82, 2.24) is 9.78 Å². The summed E-state index contributed by atoms with van der Waals surface area (Å²) in [6, 6.07) is 2.73. The quantitative estimate of drug-likeness (QED) is 0.769. The van der Waals surface area contributed by atoms with Gasteiger partial charge >= 0.3 is 6.18 Å². The van der Waals surface area contributed by atoms with Gasteiger partial charge in [0.15, 0.2) is 0 Å². The Morgan fingerprint density at radius 2 is 1.90 bits per heavy atom. The number of halogens is 3. The van der Waals surface area contributed by atoms with Gasteiger partial charge in [0.2, 0.25) is 5.91 Å². The minimum absolute atomic E-state index is 0.130. The molecule has 0 radical (unpaired) electrons. The lowest BCUT2D eigenvalue weighted by Crippen LogP contribution is -2.38. The zero-order valence-corrected chi connectivity index (χ0v) is 17.4. The fraction of sp³-hybridized carbons (Fsp3) is 0.500. The van der Waals surface area contributed by atoms with Crippen LogP contribution in [0.3, 0.4) is 0 Å². The number of alkyl halides is 3. The number of anilines is 3. The lowest BCUT2D eigenvalue weighted by molar-refractivity contribution is -0.137. The topological polar surface area (TPSA) is 71.4 Å². The number of aromatic nitrogens is 2. The first-order chi connectivity index (χ1) is 14.1. The van der Waals surface area contributed by atoms with Crippen molar-refractivity contribution < 1.29 is 22.7 Å². The molecular formula is C20H26F3N5O2. The largest absolute Gasteiger partial charge is 0.416 e. The smallest absolute Gasteiger partial charge is 0.378 e. The average molecular weight is 425 g/mol. The first-order valence-electron chi connectivity index (χ1n) is 9.69. The third-order valence-corrected chi connectivity index (χ3v) is 5.20. The summed E-state index contributed by atoms with van der Waals surface area (Å²) in [5.74, 6) is -0.438. The Kier molecular flexibility index (Phi) is 6.25. The van der Waals surface area contributed by atoms with E-state index in [2.05, 4.69) is 15.7 Å². The van der Waals surface area contributed by atoms with Gasteiger partial charge in [-0.1, -0.05) is 0 Å². The van der Waals surface area contributed by atoms with Crippen molar-refractivity contribution in [2.75, 3.05) is 41.8 Å². The highest BCUT2D eigenvalue weighted by atomic mass is 19.4. The van der Waals surface area contributed by atoms with Crippen LogP contribution >= 0.6 is 0 Å². The van der Waals surface area contributed by atoms with E-state index in [1.54, 1.807) is 18.7 Å². The molecule has 1 amide bonds. The first-order valence-corrected chi connectivity index (χ1v) is 9.69. The van der Waals surface area contributed by atoms with Crippen LogP contribution in [0.4, 0.5) is 30.2 Å². The highest BCUT2D eigenvalue weighted by Crippen LogP contribution is 2.36. The van der Waals surface area contributed by atoms with E-state index in [0.29, 0.717) is 32.0 Å². The number of nitrogens with zero attached hydrogens (tertiary/aromatic N) is 3. The zero-order valence-electron chi connectivity index (χ0n) is 17.4. The van der Waals surface area contributed by atoms with Crippen LogP contribution in [-0.4, -0.2) is 48.0 Å². The standard InChI is InChI=1S/C20H26F3N5O2/c1-12-18(14(3)27(4)26-12)24-13(2)19(29)25-16-11-15(20(21,22)23)5-6-17(16)28-7-9-30-10-8-28/h5-6,11,13,24H,7-10H2,1-4H3,(H,25,29). The van der Waals surface area contributed by atoms with Crippen molar-refractivity contribution in [1.29, 1.82) is 0 Å². The number of nitrogens with one attached hydrogen (secondary N) is 2. The predicted octanol–water partition coefficient (Wildman–Crippen LogP) is 3.33. The Balaban J connectivity index is 1.84. The van der Waals surface area contributed by atoms with E-state index in [9.17, 15) is 18.0 Å². The van der Waals surface area contributed by atoms with Crippen LogP contribution in [-0.2, 0) is 22.8 Å². The van der Waals surface area contributed by atoms with Crippen LogP contribution < -0.4 is 15.5 Å². The maximum atomic E-state index is 13.2. The third kappa shape index (κ3) is 4.69. The molecule has 7 nitrogen and oxygen atoms in total. The molecule has 2 N–H and O–H groups in total. The Morgan fingerprint density at radius 3 is 2.47 bits per heavy atom. The number of ether oxygens (including phenoxy) is 1. The third-order valence-electron chi connectivity index (χ3n) is 5.20. The highest BCUT2D eigenvalue weighted by molar-refractivity contribution is 5.99. The Bertz CT molecular complexity index is 920. The summed E-state index contributed by atoms with van der Waals surface area (Å²) in [5, 5.41) is 10.1. The van der Waals surface area contributed by atoms with E-state index >= 15 is 0 Å². The van der Waals surface area contributed by atoms with Gasteiger partial charge in [-0.25, -0.2) is 0 Å². The lowest BCUT2D eigenvalue weighted by atomic mass is 10.1. The molecule has 3 rings (SSSR count). The summed E-state index contributed by atoms with van der Waals surface area (Å²) in [7, 11) is 1.80. The molecule has 164 valence electrons. The number of aryl methyl sites for hydroxylation is 2. The average Bonchev–Trinajstić information content (AvgIpc) is 2.93. The number of carbonyl (C=O) groups excluding carboxylic acids is 1. The van der Waals surface area contributed by atoms with Crippen molar-refractivity contribution in [3.05, 3.63) is 35.2 Å². The lowest BCUT2D eigenvalue weighted by Gasteiger charge is -2.31. The van der Waals surface area contributed by atoms with E-state index in [1.165, 1.54) is 6.07 Å². The van der Waals surface area contributed by atoms with Gasteiger partial charge < -0.3 is 20.3 Å². The molecule has 10 heteroatoms. The second kappa shape index (κ2) is 8.55. The number of benzene rings is 1. The van der Waals surface area contributed by atoms with Crippen LogP contribution in [0.5, 0.6) is 0 Å². The van der Waals surface area contributed by atoms with Gasteiger partial charge in [-0.2, -0.15) is 18.3 Å². The predicted molar refractivity (Wildman–Crippen MR) is 109 cm³/mol. The number of hydrogen-bond donors (Lipinski definition) is 2. The maximum Gasteiger partial charge on any atom is 0.416 e. The Labute approximate surface area is 173 Å². The summed E-state index contributed by atoms with van der Waals surface area (Å²) in [4.78, 5) is 14.7. The van der Waals surface area contributed by atoms with Crippen LogP contribution in [0, 0.1) is 13.8 Å². The summed E-state index contributed by atoms with van der Waals surface area (Å²) in [6.07, 6.45) is -4.50. The zero-order chi connectivity index (χ0) is 22.1. The van der Waals surface area contributed by atoms with Gasteiger partial charge in [-0.15, -0.1) is 0 Å². The normalized spacial score (nSPS) is 15.8. The fourth-order valence-corrected chi connectivity index (χ4v) is 3.40. The van der Waals surface area contributed by atoms with Gasteiger partial charge in [0.1, 0.15) is 6.04 Å². The maximum absolute atomic E-state index is 13.2. The number of carbonyl (C=O) groups is 1. The molecule has 1 atom stereocenters. The van der Waals surface area contributed by atoms with E-state index in [1.807, 2.05) is 18.7 Å². The van der Waals surface area contributed by atoms with Crippen LogP contribution in [0.15, 0.2) is 18.2 Å². The number of amides is 1. The Hall–Kier alpha value is -2.75. The second-order valence-electron chi connectivity index (χ2n) is 7.35. The molecule has 1 aliphatic rings. The molecule has 1 aromatic heterocycles. The molecule has 0 bridgehead atoms. The highest BCUT2D eigenvalue weighted by Gasteiger charge is 2.32. The van der Waals surface area contributed by atoms with Crippen molar-refractivity contribution in [3.63, 3.8) is 0 Å². The van der Waals surface area contributed by atoms with Crippen molar-refractivity contribution in [3.8, 4) is 0 Å². The fourth-order valence-electron chi connectivity index (χ4n) is 3.40. The van der Waals surface area contributed by atoms with E-state index < -0.39 is 23.7 Å². The van der Waals surface area contributed by atoms with Crippen molar-refractivity contribution in [2.45, 2.75) is 33.0 Å². The molecule has 2 heterocycles. The molecule has 1 unspecified atom stereocenters. The number of morpholine rings is 1. The van der Waals surface area contributed by atoms with Crippen LogP contribution in [0.1, 0.15) is 23.9 Å². The molecule has 30 heavy (non-hydrogen) atoms. The Morgan fingerprint density at radius 1 is 1.23 bits per heavy atom. The molecular weight excluding hydrogens is 399 g/mol. The second-order valence-corrected chi connectivity index (χ2v) is 7.35.